The number of hydrogen-bond acceptors (Lipinski definition) is 2. The lowest BCUT2D eigenvalue weighted by Crippen LogP contribution is -2.43. The van der Waals surface area contributed by atoms with Crippen molar-refractivity contribution >= 4 is 39.7 Å². The summed E-state index contributed by atoms with van der Waals surface area (Å²) in [4.78, 5) is 2.57. The standard InChI is InChI=1S/C12H16N2.2BrH/c1-9-4-2-3-5-12(9)14-8-10-6-11(14)7-13-10;;/h2-5,10-11,13H,6-8H2,1H3;2*1H. The Bertz CT molecular complexity index is 357. The molecule has 3 rings (SSSR count). The molecule has 2 nitrogen and oxygen atoms in total. The fourth-order valence-corrected chi connectivity index (χ4v) is 2.74. The van der Waals surface area contributed by atoms with Crippen molar-refractivity contribution in [2.75, 3.05) is 18.0 Å². The maximum atomic E-state index is 3.53. The van der Waals surface area contributed by atoms with Gasteiger partial charge in [-0.3, -0.25) is 0 Å². The summed E-state index contributed by atoms with van der Waals surface area (Å²) in [7, 11) is 0. The molecule has 0 saturated carbocycles. The van der Waals surface area contributed by atoms with Crippen LogP contribution in [0.3, 0.4) is 0 Å². The Hall–Kier alpha value is -0.0600. The molecule has 2 aliphatic heterocycles. The maximum absolute atomic E-state index is 3.53. The zero-order valence-corrected chi connectivity index (χ0v) is 12.8. The van der Waals surface area contributed by atoms with Crippen molar-refractivity contribution < 1.29 is 0 Å². The molecule has 2 unspecified atom stereocenters. The number of para-hydroxylation sites is 1. The molecule has 0 amide bonds. The van der Waals surface area contributed by atoms with Crippen LogP contribution in [0.1, 0.15) is 12.0 Å². The maximum Gasteiger partial charge on any atom is 0.0430 e. The van der Waals surface area contributed by atoms with E-state index in [1.54, 1.807) is 0 Å². The summed E-state index contributed by atoms with van der Waals surface area (Å²) >= 11 is 0. The molecule has 2 fully saturated rings. The summed E-state index contributed by atoms with van der Waals surface area (Å²) in [6, 6.07) is 10.2. The molecule has 2 saturated heterocycles. The van der Waals surface area contributed by atoms with Crippen molar-refractivity contribution in [1.29, 1.82) is 0 Å². The zero-order chi connectivity index (χ0) is 9.54. The van der Waals surface area contributed by atoms with Crippen LogP contribution in [0, 0.1) is 6.92 Å². The van der Waals surface area contributed by atoms with Crippen LogP contribution in [0.2, 0.25) is 0 Å². The molecule has 90 valence electrons. The van der Waals surface area contributed by atoms with Gasteiger partial charge < -0.3 is 10.2 Å². The molecule has 1 aromatic rings. The van der Waals surface area contributed by atoms with Gasteiger partial charge in [-0.2, -0.15) is 0 Å². The first kappa shape index (κ1) is 14.0. The third-order valence-electron chi connectivity index (χ3n) is 3.48. The third kappa shape index (κ3) is 2.29. The van der Waals surface area contributed by atoms with Gasteiger partial charge in [-0.1, -0.05) is 18.2 Å². The number of aryl methyl sites for hydroxylation is 1. The highest BCUT2D eigenvalue weighted by Gasteiger charge is 2.37. The van der Waals surface area contributed by atoms with Crippen LogP contribution in [0.25, 0.3) is 0 Å². The SMILES string of the molecule is Br.Br.Cc1ccccc1N1CC2CC1CN2. The molecule has 0 aliphatic carbocycles. The molecule has 2 aliphatic rings. The van der Waals surface area contributed by atoms with Crippen LogP contribution in [-0.2, 0) is 0 Å². The number of nitrogens with zero attached hydrogens (tertiary/aromatic N) is 1. The topological polar surface area (TPSA) is 15.3 Å². The van der Waals surface area contributed by atoms with Crippen LogP contribution in [-0.4, -0.2) is 25.2 Å². The number of anilines is 1. The minimum atomic E-state index is 0. The Morgan fingerprint density at radius 3 is 2.56 bits per heavy atom. The molecule has 0 aromatic heterocycles. The van der Waals surface area contributed by atoms with E-state index < -0.39 is 0 Å². The Morgan fingerprint density at radius 2 is 2.00 bits per heavy atom. The van der Waals surface area contributed by atoms with Crippen molar-refractivity contribution in [3.63, 3.8) is 0 Å². The molecular formula is C12H18Br2N2. The molecule has 16 heavy (non-hydrogen) atoms. The van der Waals surface area contributed by atoms with Gasteiger partial charge in [0.2, 0.25) is 0 Å². The van der Waals surface area contributed by atoms with Gasteiger partial charge in [0.25, 0.3) is 0 Å². The largest absolute Gasteiger partial charge is 0.365 e. The Labute approximate surface area is 118 Å². The molecule has 1 N–H and O–H groups in total. The molecule has 0 radical (unpaired) electrons. The van der Waals surface area contributed by atoms with Crippen LogP contribution in [0.15, 0.2) is 24.3 Å². The molecule has 2 bridgehead atoms. The number of halogens is 2. The fourth-order valence-electron chi connectivity index (χ4n) is 2.74. The summed E-state index contributed by atoms with van der Waals surface area (Å²) < 4.78 is 0. The summed E-state index contributed by atoms with van der Waals surface area (Å²) in [5.74, 6) is 0. The van der Waals surface area contributed by atoms with Gasteiger partial charge in [-0.15, -0.1) is 34.0 Å². The number of piperazine rings is 1. The predicted octanol–water partition coefficient (Wildman–Crippen LogP) is 2.70. The minimum absolute atomic E-state index is 0. The third-order valence-corrected chi connectivity index (χ3v) is 3.48. The van der Waals surface area contributed by atoms with E-state index in [1.807, 2.05) is 0 Å². The molecule has 0 spiro atoms. The quantitative estimate of drug-likeness (QED) is 0.838. The van der Waals surface area contributed by atoms with Gasteiger partial charge in [0, 0.05) is 30.9 Å². The number of rotatable bonds is 1. The van der Waals surface area contributed by atoms with Crippen molar-refractivity contribution in [3.05, 3.63) is 29.8 Å². The van der Waals surface area contributed by atoms with E-state index in [9.17, 15) is 0 Å². The highest BCUT2D eigenvalue weighted by Crippen LogP contribution is 2.31. The highest BCUT2D eigenvalue weighted by atomic mass is 79.9. The van der Waals surface area contributed by atoms with Crippen molar-refractivity contribution in [3.8, 4) is 0 Å². The second-order valence-electron chi connectivity index (χ2n) is 4.43. The van der Waals surface area contributed by atoms with Gasteiger partial charge in [-0.05, 0) is 25.0 Å². The number of fused-ring (bicyclic) bond motifs is 2. The number of benzene rings is 1. The Kier molecular flexibility index (Phi) is 4.83. The molecule has 2 atom stereocenters. The van der Waals surface area contributed by atoms with E-state index in [2.05, 4.69) is 41.4 Å². The predicted molar refractivity (Wildman–Crippen MR) is 79.4 cm³/mol. The average molecular weight is 350 g/mol. The van der Waals surface area contributed by atoms with Crippen LogP contribution in [0.4, 0.5) is 5.69 Å². The summed E-state index contributed by atoms with van der Waals surface area (Å²) in [6.45, 7) is 4.56. The smallest absolute Gasteiger partial charge is 0.0430 e. The first-order valence-corrected chi connectivity index (χ1v) is 5.40. The van der Waals surface area contributed by atoms with Gasteiger partial charge >= 0.3 is 0 Å². The second kappa shape index (κ2) is 5.52. The minimum Gasteiger partial charge on any atom is -0.365 e. The van der Waals surface area contributed by atoms with Gasteiger partial charge in [0.1, 0.15) is 0 Å². The molecule has 2 heterocycles. The fraction of sp³-hybridized carbons (Fsp3) is 0.500. The van der Waals surface area contributed by atoms with E-state index in [-0.39, 0.29) is 34.0 Å². The van der Waals surface area contributed by atoms with E-state index in [4.69, 9.17) is 0 Å². The van der Waals surface area contributed by atoms with Crippen molar-refractivity contribution in [1.82, 2.24) is 5.32 Å². The summed E-state index contributed by atoms with van der Waals surface area (Å²) in [6.07, 6.45) is 1.33. The van der Waals surface area contributed by atoms with Gasteiger partial charge in [-0.25, -0.2) is 0 Å². The van der Waals surface area contributed by atoms with E-state index >= 15 is 0 Å². The first-order chi connectivity index (χ1) is 6.84. The number of nitrogens with one attached hydrogen (secondary N) is 1. The van der Waals surface area contributed by atoms with E-state index in [0.717, 1.165) is 12.1 Å². The lowest BCUT2D eigenvalue weighted by Gasteiger charge is -2.30. The Balaban J connectivity index is 0.000000640. The number of hydrogen-bond donors (Lipinski definition) is 1. The lowest BCUT2D eigenvalue weighted by molar-refractivity contribution is 0.579. The average Bonchev–Trinajstić information content (AvgIpc) is 2.79. The molecule has 1 aromatic carbocycles. The highest BCUT2D eigenvalue weighted by molar-refractivity contribution is 8.93. The Morgan fingerprint density at radius 1 is 1.25 bits per heavy atom. The summed E-state index contributed by atoms with van der Waals surface area (Å²) in [5, 5.41) is 3.53. The van der Waals surface area contributed by atoms with E-state index in [1.165, 1.54) is 30.8 Å². The second-order valence-corrected chi connectivity index (χ2v) is 4.43. The van der Waals surface area contributed by atoms with Gasteiger partial charge in [0.15, 0.2) is 0 Å². The van der Waals surface area contributed by atoms with E-state index in [0.29, 0.717) is 0 Å². The molecule has 4 heteroatoms. The van der Waals surface area contributed by atoms with Crippen molar-refractivity contribution in [2.45, 2.75) is 25.4 Å². The lowest BCUT2D eigenvalue weighted by atomic mass is 10.1. The van der Waals surface area contributed by atoms with Crippen LogP contribution < -0.4 is 10.2 Å². The monoisotopic (exact) mass is 348 g/mol. The first-order valence-electron chi connectivity index (χ1n) is 5.40. The van der Waals surface area contributed by atoms with Crippen LogP contribution >= 0.6 is 34.0 Å². The normalized spacial score (nSPS) is 26.2. The van der Waals surface area contributed by atoms with Gasteiger partial charge in [0.05, 0.1) is 0 Å². The van der Waals surface area contributed by atoms with Crippen molar-refractivity contribution in [2.24, 2.45) is 0 Å². The molecular weight excluding hydrogens is 332 g/mol. The summed E-state index contributed by atoms with van der Waals surface area (Å²) in [5.41, 5.74) is 2.83. The van der Waals surface area contributed by atoms with Crippen LogP contribution in [0.5, 0.6) is 0 Å². The zero-order valence-electron chi connectivity index (χ0n) is 9.35.